The van der Waals surface area contributed by atoms with Gasteiger partial charge in [-0.05, 0) is 43.3 Å². The third-order valence-corrected chi connectivity index (χ3v) is 4.46. The van der Waals surface area contributed by atoms with Crippen molar-refractivity contribution < 1.29 is 0 Å². The van der Waals surface area contributed by atoms with Crippen molar-refractivity contribution in [3.05, 3.63) is 35.9 Å². The van der Waals surface area contributed by atoms with E-state index in [1.807, 2.05) is 0 Å². The van der Waals surface area contributed by atoms with E-state index in [9.17, 15) is 0 Å². The Labute approximate surface area is 111 Å². The van der Waals surface area contributed by atoms with Crippen molar-refractivity contribution in [2.45, 2.75) is 32.7 Å². The minimum atomic E-state index is 0.563. The molecular formula is C16H26N2. The molecule has 1 saturated heterocycles. The average Bonchev–Trinajstić information content (AvgIpc) is 2.42. The van der Waals surface area contributed by atoms with Crippen molar-refractivity contribution in [2.24, 2.45) is 17.6 Å². The van der Waals surface area contributed by atoms with Crippen LogP contribution in [0.25, 0.3) is 0 Å². The average molecular weight is 246 g/mol. The van der Waals surface area contributed by atoms with Crippen LogP contribution in [0.4, 0.5) is 0 Å². The van der Waals surface area contributed by atoms with Crippen molar-refractivity contribution in [3.63, 3.8) is 0 Å². The van der Waals surface area contributed by atoms with Crippen LogP contribution in [0.1, 0.15) is 38.3 Å². The van der Waals surface area contributed by atoms with Crippen LogP contribution in [0.3, 0.4) is 0 Å². The molecule has 1 aliphatic heterocycles. The predicted octanol–water partition coefficient (Wildman–Crippen LogP) is 3.05. The Morgan fingerprint density at radius 2 is 2.06 bits per heavy atom. The fraction of sp³-hybridized carbons (Fsp3) is 0.625. The molecule has 0 aromatic heterocycles. The summed E-state index contributed by atoms with van der Waals surface area (Å²) in [5.74, 6) is 1.44. The molecule has 0 bridgehead atoms. The van der Waals surface area contributed by atoms with Crippen molar-refractivity contribution in [2.75, 3.05) is 19.6 Å². The Hall–Kier alpha value is -0.860. The van der Waals surface area contributed by atoms with Gasteiger partial charge in [0, 0.05) is 12.6 Å². The predicted molar refractivity (Wildman–Crippen MR) is 77.4 cm³/mol. The van der Waals surface area contributed by atoms with Gasteiger partial charge < -0.3 is 5.73 Å². The third kappa shape index (κ3) is 2.93. The molecule has 0 aliphatic carbocycles. The number of hydrogen-bond donors (Lipinski definition) is 1. The van der Waals surface area contributed by atoms with Crippen LogP contribution in [-0.2, 0) is 0 Å². The summed E-state index contributed by atoms with van der Waals surface area (Å²) in [7, 11) is 0. The molecule has 2 rings (SSSR count). The summed E-state index contributed by atoms with van der Waals surface area (Å²) in [5, 5.41) is 0. The molecule has 18 heavy (non-hydrogen) atoms. The Morgan fingerprint density at radius 3 is 2.67 bits per heavy atom. The van der Waals surface area contributed by atoms with Gasteiger partial charge in [-0.3, -0.25) is 4.90 Å². The fourth-order valence-electron chi connectivity index (χ4n) is 3.15. The smallest absolute Gasteiger partial charge is 0.0345 e. The summed E-state index contributed by atoms with van der Waals surface area (Å²) in [4.78, 5) is 2.63. The molecule has 0 spiro atoms. The minimum Gasteiger partial charge on any atom is -0.330 e. The summed E-state index contributed by atoms with van der Waals surface area (Å²) in [6.07, 6.45) is 2.46. The standard InChI is InChI=1S/C16H26N2/c1-3-16(14-7-5-4-6-8-14)18-10-9-13(2)15(11-17)12-18/h4-8,13,15-16H,3,9-12,17H2,1-2H3. The number of nitrogens with two attached hydrogens (primary N) is 1. The maximum absolute atomic E-state index is 5.91. The first-order valence-corrected chi connectivity index (χ1v) is 7.25. The van der Waals surface area contributed by atoms with Gasteiger partial charge in [-0.15, -0.1) is 0 Å². The van der Waals surface area contributed by atoms with Crippen LogP contribution in [0, 0.1) is 11.8 Å². The molecule has 0 saturated carbocycles. The number of likely N-dealkylation sites (tertiary alicyclic amines) is 1. The second-order valence-electron chi connectivity index (χ2n) is 5.59. The Bertz CT molecular complexity index is 349. The normalized spacial score (nSPS) is 27.1. The van der Waals surface area contributed by atoms with E-state index in [1.165, 1.54) is 24.9 Å². The first kappa shape index (κ1) is 13.6. The Morgan fingerprint density at radius 1 is 1.33 bits per heavy atom. The molecule has 2 heteroatoms. The van der Waals surface area contributed by atoms with Gasteiger partial charge in [0.25, 0.3) is 0 Å². The van der Waals surface area contributed by atoms with Gasteiger partial charge in [0.2, 0.25) is 0 Å². The SMILES string of the molecule is CCC(c1ccccc1)N1CCC(C)C(CN)C1. The molecule has 0 radical (unpaired) electrons. The van der Waals surface area contributed by atoms with Crippen molar-refractivity contribution in [3.8, 4) is 0 Å². The summed E-state index contributed by atoms with van der Waals surface area (Å²) >= 11 is 0. The topological polar surface area (TPSA) is 29.3 Å². The van der Waals surface area contributed by atoms with E-state index in [1.54, 1.807) is 0 Å². The quantitative estimate of drug-likeness (QED) is 0.884. The third-order valence-electron chi connectivity index (χ3n) is 4.46. The second-order valence-corrected chi connectivity index (χ2v) is 5.59. The zero-order valence-corrected chi connectivity index (χ0v) is 11.7. The van der Waals surface area contributed by atoms with E-state index in [4.69, 9.17) is 5.73 Å². The molecule has 3 unspecified atom stereocenters. The number of piperidine rings is 1. The molecule has 1 heterocycles. The first-order valence-electron chi connectivity index (χ1n) is 7.25. The Kier molecular flexibility index (Phi) is 4.79. The van der Waals surface area contributed by atoms with Gasteiger partial charge in [-0.25, -0.2) is 0 Å². The molecule has 1 aliphatic rings. The van der Waals surface area contributed by atoms with Gasteiger partial charge in [-0.2, -0.15) is 0 Å². The molecule has 100 valence electrons. The molecule has 1 aromatic carbocycles. The lowest BCUT2D eigenvalue weighted by Crippen LogP contribution is -2.44. The summed E-state index contributed by atoms with van der Waals surface area (Å²) in [6, 6.07) is 11.5. The van der Waals surface area contributed by atoms with Gasteiger partial charge >= 0.3 is 0 Å². The van der Waals surface area contributed by atoms with Crippen LogP contribution in [0.15, 0.2) is 30.3 Å². The molecule has 3 atom stereocenters. The van der Waals surface area contributed by atoms with Gasteiger partial charge in [0.05, 0.1) is 0 Å². The monoisotopic (exact) mass is 246 g/mol. The summed E-state index contributed by atoms with van der Waals surface area (Å²) in [6.45, 7) is 7.82. The number of hydrogen-bond acceptors (Lipinski definition) is 2. The zero-order valence-electron chi connectivity index (χ0n) is 11.7. The van der Waals surface area contributed by atoms with E-state index >= 15 is 0 Å². The van der Waals surface area contributed by atoms with Crippen molar-refractivity contribution in [1.29, 1.82) is 0 Å². The van der Waals surface area contributed by atoms with E-state index in [-0.39, 0.29) is 0 Å². The summed E-state index contributed by atoms with van der Waals surface area (Å²) < 4.78 is 0. The van der Waals surface area contributed by atoms with E-state index < -0.39 is 0 Å². The molecular weight excluding hydrogens is 220 g/mol. The zero-order chi connectivity index (χ0) is 13.0. The van der Waals surface area contributed by atoms with Crippen LogP contribution < -0.4 is 5.73 Å². The largest absolute Gasteiger partial charge is 0.330 e. The van der Waals surface area contributed by atoms with E-state index in [0.717, 1.165) is 19.0 Å². The number of nitrogens with zero attached hydrogens (tertiary/aromatic N) is 1. The molecule has 1 aromatic rings. The molecule has 1 fully saturated rings. The van der Waals surface area contributed by atoms with Crippen molar-refractivity contribution in [1.82, 2.24) is 4.90 Å². The highest BCUT2D eigenvalue weighted by atomic mass is 15.2. The Balaban J connectivity index is 2.09. The van der Waals surface area contributed by atoms with Crippen LogP contribution in [0.2, 0.25) is 0 Å². The van der Waals surface area contributed by atoms with Gasteiger partial charge in [0.1, 0.15) is 0 Å². The molecule has 2 nitrogen and oxygen atoms in total. The summed E-state index contributed by atoms with van der Waals surface area (Å²) in [5.41, 5.74) is 7.36. The van der Waals surface area contributed by atoms with Crippen LogP contribution >= 0.6 is 0 Å². The lowest BCUT2D eigenvalue weighted by atomic mass is 9.85. The minimum absolute atomic E-state index is 0.563. The van der Waals surface area contributed by atoms with Crippen LogP contribution in [-0.4, -0.2) is 24.5 Å². The molecule has 2 N–H and O–H groups in total. The van der Waals surface area contributed by atoms with Gasteiger partial charge in [-0.1, -0.05) is 44.2 Å². The molecule has 0 amide bonds. The maximum atomic E-state index is 5.91. The van der Waals surface area contributed by atoms with Gasteiger partial charge in [0.15, 0.2) is 0 Å². The highest BCUT2D eigenvalue weighted by molar-refractivity contribution is 5.19. The maximum Gasteiger partial charge on any atom is 0.0345 e. The first-order chi connectivity index (χ1) is 8.76. The highest BCUT2D eigenvalue weighted by Gasteiger charge is 2.29. The number of rotatable bonds is 4. The number of benzene rings is 1. The fourth-order valence-corrected chi connectivity index (χ4v) is 3.15. The van der Waals surface area contributed by atoms with Crippen LogP contribution in [0.5, 0.6) is 0 Å². The lowest BCUT2D eigenvalue weighted by Gasteiger charge is -2.41. The second kappa shape index (κ2) is 6.35. The van der Waals surface area contributed by atoms with Crippen molar-refractivity contribution >= 4 is 0 Å². The van der Waals surface area contributed by atoms with E-state index in [0.29, 0.717) is 12.0 Å². The highest BCUT2D eigenvalue weighted by Crippen LogP contribution is 2.31. The van der Waals surface area contributed by atoms with E-state index in [2.05, 4.69) is 49.1 Å². The lowest BCUT2D eigenvalue weighted by molar-refractivity contribution is 0.0885.